The Morgan fingerprint density at radius 1 is 1.54 bits per heavy atom. The van der Waals surface area contributed by atoms with Crippen molar-refractivity contribution in [3.8, 4) is 0 Å². The summed E-state index contributed by atoms with van der Waals surface area (Å²) in [5, 5.41) is 5.07. The van der Waals surface area contributed by atoms with Crippen LogP contribution < -0.4 is 5.43 Å². The zero-order chi connectivity index (χ0) is 9.47. The lowest BCUT2D eigenvalue weighted by atomic mass is 10.1. The minimum Gasteiger partial charge on any atom is -0.295 e. The summed E-state index contributed by atoms with van der Waals surface area (Å²) in [5.74, 6) is 0. The Morgan fingerprint density at radius 2 is 2.23 bits per heavy atom. The molecule has 0 spiro atoms. The number of nitrogens with zero attached hydrogens (tertiary/aromatic N) is 2. The summed E-state index contributed by atoms with van der Waals surface area (Å²) in [5.41, 5.74) is 4.81. The Labute approximate surface area is 82.8 Å². The van der Waals surface area contributed by atoms with Crippen LogP contribution >= 0.6 is 11.3 Å². The highest BCUT2D eigenvalue weighted by Crippen LogP contribution is 2.47. The summed E-state index contributed by atoms with van der Waals surface area (Å²) in [7, 11) is 3.94. The van der Waals surface area contributed by atoms with E-state index in [4.69, 9.17) is 0 Å². The van der Waals surface area contributed by atoms with Crippen molar-refractivity contribution in [2.45, 2.75) is 25.2 Å². The van der Waals surface area contributed by atoms with Crippen molar-refractivity contribution >= 4 is 16.5 Å². The minimum atomic E-state index is 0.392. The van der Waals surface area contributed by atoms with Gasteiger partial charge in [0.2, 0.25) is 0 Å². The van der Waals surface area contributed by atoms with Crippen molar-refractivity contribution in [2.24, 2.45) is 0 Å². The highest BCUT2D eigenvalue weighted by Gasteiger charge is 2.41. The summed E-state index contributed by atoms with van der Waals surface area (Å²) in [6, 6.07) is 0. The fourth-order valence-corrected chi connectivity index (χ4v) is 2.18. The fourth-order valence-electron chi connectivity index (χ4n) is 1.24. The van der Waals surface area contributed by atoms with E-state index in [9.17, 15) is 0 Å². The van der Waals surface area contributed by atoms with Crippen LogP contribution in [0.3, 0.4) is 0 Å². The molecule has 1 N–H and O–H groups in total. The molecular formula is C9H15N3S. The zero-order valence-electron chi connectivity index (χ0n) is 8.29. The average molecular weight is 197 g/mol. The number of anilines is 1. The predicted octanol–water partition coefficient (Wildman–Crippen LogP) is 2.08. The summed E-state index contributed by atoms with van der Waals surface area (Å²) in [6.07, 6.45) is 2.58. The molecule has 72 valence electrons. The third kappa shape index (κ3) is 1.84. The van der Waals surface area contributed by atoms with Crippen molar-refractivity contribution < 1.29 is 0 Å². The van der Waals surface area contributed by atoms with E-state index in [1.807, 2.05) is 19.1 Å². The van der Waals surface area contributed by atoms with Crippen LogP contribution in [0, 0.1) is 0 Å². The Hall–Kier alpha value is -0.610. The fraction of sp³-hybridized carbons (Fsp3) is 0.667. The predicted molar refractivity (Wildman–Crippen MR) is 56.0 cm³/mol. The van der Waals surface area contributed by atoms with Gasteiger partial charge in [-0.1, -0.05) is 6.92 Å². The molecule has 1 heterocycles. The molecule has 0 saturated heterocycles. The molecule has 1 aliphatic carbocycles. The maximum absolute atomic E-state index is 4.55. The molecule has 0 radical (unpaired) electrons. The molecule has 0 unspecified atom stereocenters. The number of hydrogen-bond acceptors (Lipinski definition) is 4. The van der Waals surface area contributed by atoms with E-state index in [0.29, 0.717) is 5.41 Å². The van der Waals surface area contributed by atoms with Crippen LogP contribution in [-0.4, -0.2) is 24.1 Å². The molecule has 1 aromatic heterocycles. The van der Waals surface area contributed by atoms with Gasteiger partial charge in [-0.15, -0.1) is 11.3 Å². The van der Waals surface area contributed by atoms with E-state index in [-0.39, 0.29) is 0 Å². The summed E-state index contributed by atoms with van der Waals surface area (Å²) >= 11 is 1.68. The third-order valence-corrected chi connectivity index (χ3v) is 3.19. The van der Waals surface area contributed by atoms with Crippen LogP contribution in [0.5, 0.6) is 0 Å². The third-order valence-electron chi connectivity index (χ3n) is 2.44. The molecule has 1 fully saturated rings. The summed E-state index contributed by atoms with van der Waals surface area (Å²) in [4.78, 5) is 4.55. The van der Waals surface area contributed by atoms with E-state index in [1.54, 1.807) is 11.3 Å². The molecule has 13 heavy (non-hydrogen) atoms. The van der Waals surface area contributed by atoms with Gasteiger partial charge in [0.05, 0.1) is 5.69 Å². The number of rotatable bonds is 3. The largest absolute Gasteiger partial charge is 0.295 e. The summed E-state index contributed by atoms with van der Waals surface area (Å²) < 4.78 is 0. The van der Waals surface area contributed by atoms with Crippen molar-refractivity contribution in [2.75, 3.05) is 19.5 Å². The SMILES string of the molecule is CN(C)Nc1nc(C2(C)CC2)cs1. The number of nitrogens with one attached hydrogen (secondary N) is 1. The first kappa shape index (κ1) is 8.97. The highest BCUT2D eigenvalue weighted by atomic mass is 32.1. The Balaban J connectivity index is 2.09. The van der Waals surface area contributed by atoms with Gasteiger partial charge in [0, 0.05) is 24.9 Å². The summed E-state index contributed by atoms with van der Waals surface area (Å²) in [6.45, 7) is 2.28. The van der Waals surface area contributed by atoms with E-state index in [2.05, 4.69) is 22.7 Å². The smallest absolute Gasteiger partial charge is 0.197 e. The number of aromatic nitrogens is 1. The van der Waals surface area contributed by atoms with Gasteiger partial charge in [0.15, 0.2) is 5.13 Å². The van der Waals surface area contributed by atoms with Crippen LogP contribution in [0.2, 0.25) is 0 Å². The lowest BCUT2D eigenvalue weighted by Crippen LogP contribution is -2.19. The van der Waals surface area contributed by atoms with Gasteiger partial charge < -0.3 is 0 Å². The Morgan fingerprint density at radius 3 is 2.77 bits per heavy atom. The first-order valence-corrected chi connectivity index (χ1v) is 5.38. The standard InChI is InChI=1S/C9H15N3S/c1-9(4-5-9)7-6-13-8(10-7)11-12(2)3/h6H,4-5H2,1-3H3,(H,10,11). The van der Waals surface area contributed by atoms with Gasteiger partial charge >= 0.3 is 0 Å². The second kappa shape index (κ2) is 2.96. The van der Waals surface area contributed by atoms with Crippen LogP contribution in [-0.2, 0) is 5.41 Å². The molecule has 0 amide bonds. The monoisotopic (exact) mass is 197 g/mol. The normalized spacial score (nSPS) is 19.1. The minimum absolute atomic E-state index is 0.392. The molecule has 1 aliphatic rings. The first-order chi connectivity index (χ1) is 6.10. The molecule has 3 nitrogen and oxygen atoms in total. The number of hydrogen-bond donors (Lipinski definition) is 1. The topological polar surface area (TPSA) is 28.2 Å². The first-order valence-electron chi connectivity index (χ1n) is 4.50. The molecule has 0 aromatic carbocycles. The molecule has 0 bridgehead atoms. The Kier molecular flexibility index (Phi) is 2.04. The van der Waals surface area contributed by atoms with Crippen LogP contribution in [0.1, 0.15) is 25.5 Å². The lowest BCUT2D eigenvalue weighted by molar-refractivity contribution is 0.494. The van der Waals surface area contributed by atoms with Crippen LogP contribution in [0.25, 0.3) is 0 Å². The van der Waals surface area contributed by atoms with E-state index < -0.39 is 0 Å². The molecule has 0 atom stereocenters. The van der Waals surface area contributed by atoms with E-state index in [0.717, 1.165) is 5.13 Å². The van der Waals surface area contributed by atoms with Crippen molar-refractivity contribution in [1.82, 2.24) is 9.99 Å². The van der Waals surface area contributed by atoms with Crippen molar-refractivity contribution in [1.29, 1.82) is 0 Å². The second-order valence-electron chi connectivity index (χ2n) is 4.10. The highest BCUT2D eigenvalue weighted by molar-refractivity contribution is 7.13. The maximum atomic E-state index is 4.55. The van der Waals surface area contributed by atoms with Gasteiger partial charge in [-0.3, -0.25) is 5.43 Å². The Bertz CT molecular complexity index is 302. The number of hydrazine groups is 1. The lowest BCUT2D eigenvalue weighted by Gasteiger charge is -2.09. The van der Waals surface area contributed by atoms with Gasteiger partial charge in [-0.25, -0.2) is 9.99 Å². The van der Waals surface area contributed by atoms with Crippen molar-refractivity contribution in [3.63, 3.8) is 0 Å². The molecular weight excluding hydrogens is 182 g/mol. The van der Waals surface area contributed by atoms with Gasteiger partial charge in [-0.05, 0) is 12.8 Å². The molecule has 0 aliphatic heterocycles. The molecule has 2 rings (SSSR count). The van der Waals surface area contributed by atoms with Gasteiger partial charge in [0.25, 0.3) is 0 Å². The van der Waals surface area contributed by atoms with Gasteiger partial charge in [-0.2, -0.15) is 0 Å². The van der Waals surface area contributed by atoms with Crippen LogP contribution in [0.4, 0.5) is 5.13 Å². The van der Waals surface area contributed by atoms with Crippen LogP contribution in [0.15, 0.2) is 5.38 Å². The maximum Gasteiger partial charge on any atom is 0.197 e. The van der Waals surface area contributed by atoms with Crippen molar-refractivity contribution in [3.05, 3.63) is 11.1 Å². The molecule has 1 aromatic rings. The van der Waals surface area contributed by atoms with Gasteiger partial charge in [0.1, 0.15) is 0 Å². The average Bonchev–Trinajstić information content (AvgIpc) is 2.62. The zero-order valence-corrected chi connectivity index (χ0v) is 9.11. The number of thiazole rings is 1. The molecule has 4 heteroatoms. The quantitative estimate of drug-likeness (QED) is 0.752. The second-order valence-corrected chi connectivity index (χ2v) is 4.96. The molecule has 1 saturated carbocycles. The van der Waals surface area contributed by atoms with E-state index >= 15 is 0 Å². The van der Waals surface area contributed by atoms with E-state index in [1.165, 1.54) is 18.5 Å².